The van der Waals surface area contributed by atoms with E-state index in [1.54, 1.807) is 0 Å². The zero-order chi connectivity index (χ0) is 34.4. The zero-order valence-electron chi connectivity index (χ0n) is 30.0. The molecular weight excluding hydrogens is 609 g/mol. The van der Waals surface area contributed by atoms with Crippen LogP contribution < -0.4 is 0 Å². The Morgan fingerprint density at radius 2 is 1.09 bits per heavy atom. The smallest absolute Gasteiger partial charge is 0.472 e. The Kier molecular flexibility index (Phi) is 29.4. The molecule has 0 aliphatic rings. The van der Waals surface area contributed by atoms with Gasteiger partial charge in [-0.3, -0.25) is 18.6 Å². The molecule has 0 saturated heterocycles. The van der Waals surface area contributed by atoms with Crippen molar-refractivity contribution >= 4 is 19.8 Å². The predicted molar refractivity (Wildman–Crippen MR) is 185 cm³/mol. The van der Waals surface area contributed by atoms with Crippen molar-refractivity contribution in [2.45, 2.75) is 161 Å². The van der Waals surface area contributed by atoms with E-state index in [1.807, 2.05) is 21.1 Å². The fourth-order valence-corrected chi connectivity index (χ4v) is 5.79. The topological polar surface area (TPSA) is 129 Å². The second-order valence-electron chi connectivity index (χ2n) is 13.8. The molecule has 10 nitrogen and oxygen atoms in total. The van der Waals surface area contributed by atoms with Crippen LogP contribution in [0.15, 0.2) is 0 Å². The van der Waals surface area contributed by atoms with Crippen molar-refractivity contribution in [2.75, 3.05) is 54.1 Å². The molecule has 0 spiro atoms. The molecule has 0 bridgehead atoms. The summed E-state index contributed by atoms with van der Waals surface area (Å²) in [5, 5.41) is 8.72. The third-order valence-electron chi connectivity index (χ3n) is 7.96. The number of rotatable bonds is 35. The highest BCUT2D eigenvalue weighted by molar-refractivity contribution is 7.47. The first-order valence-corrected chi connectivity index (χ1v) is 19.9. The lowest BCUT2D eigenvalue weighted by atomic mass is 10.0. The molecule has 0 aromatic carbocycles. The number of unbranched alkanes of at least 4 members (excludes halogenated alkanes) is 19. The fourth-order valence-electron chi connectivity index (χ4n) is 5.05. The van der Waals surface area contributed by atoms with Gasteiger partial charge in [-0.1, -0.05) is 122 Å². The van der Waals surface area contributed by atoms with Gasteiger partial charge >= 0.3 is 19.8 Å². The molecule has 46 heavy (non-hydrogen) atoms. The summed E-state index contributed by atoms with van der Waals surface area (Å²) in [5.41, 5.74) is 0. The third-order valence-corrected chi connectivity index (χ3v) is 8.94. The average Bonchev–Trinajstić information content (AvgIpc) is 2.97. The van der Waals surface area contributed by atoms with Crippen LogP contribution in [0.25, 0.3) is 0 Å². The molecule has 0 amide bonds. The first-order valence-electron chi connectivity index (χ1n) is 18.4. The molecule has 274 valence electrons. The molecule has 0 heterocycles. The highest BCUT2D eigenvalue weighted by Crippen LogP contribution is 2.43. The second kappa shape index (κ2) is 30.1. The lowest BCUT2D eigenvalue weighted by molar-refractivity contribution is -0.870. The molecule has 0 rings (SSSR count). The Hall–Kier alpha value is -1.03. The predicted octanol–water partition coefficient (Wildman–Crippen LogP) is 8.83. The zero-order valence-corrected chi connectivity index (χ0v) is 30.9. The van der Waals surface area contributed by atoms with Crippen LogP contribution in [0.3, 0.4) is 0 Å². The van der Waals surface area contributed by atoms with Crippen LogP contribution in [0.4, 0.5) is 0 Å². The van der Waals surface area contributed by atoms with Gasteiger partial charge in [0, 0.05) is 19.4 Å². The number of carboxylic acid groups (broad SMARTS) is 1. The third kappa shape index (κ3) is 34.3. The lowest BCUT2D eigenvalue weighted by Crippen LogP contribution is -2.37. The maximum absolute atomic E-state index is 12.5. The van der Waals surface area contributed by atoms with Gasteiger partial charge in [-0.15, -0.1) is 0 Å². The monoisotopic (exact) mass is 680 g/mol. The van der Waals surface area contributed by atoms with E-state index in [2.05, 4.69) is 6.92 Å². The van der Waals surface area contributed by atoms with Gasteiger partial charge in [-0.25, -0.2) is 4.57 Å². The number of likely N-dealkylation sites (N-methyl/N-ethyl adjacent to an activating group) is 1. The molecule has 11 heteroatoms. The van der Waals surface area contributed by atoms with Crippen molar-refractivity contribution in [3.63, 3.8) is 0 Å². The highest BCUT2D eigenvalue weighted by atomic mass is 31.2. The van der Waals surface area contributed by atoms with Crippen molar-refractivity contribution in [1.29, 1.82) is 0 Å². The van der Waals surface area contributed by atoms with Crippen LogP contribution in [-0.4, -0.2) is 86.6 Å². The van der Waals surface area contributed by atoms with Gasteiger partial charge in [0.2, 0.25) is 0 Å². The summed E-state index contributed by atoms with van der Waals surface area (Å²) in [4.78, 5) is 33.1. The molecule has 2 unspecified atom stereocenters. The summed E-state index contributed by atoms with van der Waals surface area (Å²) in [7, 11) is 1.56. The van der Waals surface area contributed by atoms with E-state index >= 15 is 0 Å². The number of hydrogen-bond acceptors (Lipinski definition) is 7. The molecule has 0 fully saturated rings. The highest BCUT2D eigenvalue weighted by Gasteiger charge is 2.26. The standard InChI is InChI=1S/C35H70NO9P/c1-5-6-7-8-9-10-11-12-13-14-15-16-17-18-22-25-29-42-31-33(32-44-46(40,41)43-30-28-36(2,3)4)45-35(39)27-24-21-19-20-23-26-34(37)38/h33H,5-32H2,1-4H3,(H-,37,38,40,41)/p+1. The quantitative estimate of drug-likeness (QED) is 0.0292. The first kappa shape index (κ1) is 45.0. The fraction of sp³-hybridized carbons (Fsp3) is 0.943. The van der Waals surface area contributed by atoms with E-state index in [1.165, 1.54) is 89.9 Å². The van der Waals surface area contributed by atoms with E-state index in [4.69, 9.17) is 23.6 Å². The summed E-state index contributed by atoms with van der Waals surface area (Å²) in [6, 6.07) is 0. The number of aliphatic carboxylic acids is 1. The van der Waals surface area contributed by atoms with Crippen molar-refractivity contribution in [3.05, 3.63) is 0 Å². The summed E-state index contributed by atoms with van der Waals surface area (Å²) >= 11 is 0. The van der Waals surface area contributed by atoms with E-state index in [0.717, 1.165) is 32.1 Å². The number of phosphoric acid groups is 1. The number of esters is 1. The normalized spacial score (nSPS) is 13.8. The molecule has 0 aliphatic carbocycles. The van der Waals surface area contributed by atoms with Crippen molar-refractivity contribution in [2.24, 2.45) is 0 Å². The second-order valence-corrected chi connectivity index (χ2v) is 15.2. The van der Waals surface area contributed by atoms with E-state index in [9.17, 15) is 19.0 Å². The number of carbonyl (C=O) groups excluding carboxylic acids is 1. The number of quaternary nitrogens is 1. The SMILES string of the molecule is CCCCCCCCCCCCCCCCCCOCC(COP(=O)(O)OCC[N+](C)(C)C)OC(=O)CCCCCCCC(=O)O. The van der Waals surface area contributed by atoms with Crippen molar-refractivity contribution in [3.8, 4) is 0 Å². The first-order chi connectivity index (χ1) is 21.9. The minimum absolute atomic E-state index is 0.0595. The largest absolute Gasteiger partial charge is 0.481 e. The number of carbonyl (C=O) groups is 2. The van der Waals surface area contributed by atoms with Crippen molar-refractivity contribution < 1.29 is 47.2 Å². The van der Waals surface area contributed by atoms with Gasteiger partial charge in [0.25, 0.3) is 0 Å². The maximum Gasteiger partial charge on any atom is 0.472 e. The molecule has 0 radical (unpaired) electrons. The number of nitrogens with zero attached hydrogens (tertiary/aromatic N) is 1. The van der Waals surface area contributed by atoms with Crippen molar-refractivity contribution in [1.82, 2.24) is 0 Å². The van der Waals surface area contributed by atoms with E-state index in [0.29, 0.717) is 30.5 Å². The Bertz CT molecular complexity index is 776. The number of ether oxygens (including phenoxy) is 2. The summed E-state index contributed by atoms with van der Waals surface area (Å²) in [5.74, 6) is -1.20. The molecule has 0 aromatic heterocycles. The van der Waals surface area contributed by atoms with Crippen LogP contribution >= 0.6 is 7.82 Å². The van der Waals surface area contributed by atoms with Gasteiger partial charge in [0.05, 0.1) is 34.4 Å². The minimum Gasteiger partial charge on any atom is -0.481 e. The maximum atomic E-state index is 12.5. The number of phosphoric ester groups is 1. The van der Waals surface area contributed by atoms with Gasteiger partial charge in [-0.2, -0.15) is 0 Å². The number of hydrogen-bond donors (Lipinski definition) is 2. The average molecular weight is 681 g/mol. The Morgan fingerprint density at radius 1 is 0.630 bits per heavy atom. The van der Waals surface area contributed by atoms with Gasteiger partial charge in [0.1, 0.15) is 19.3 Å². The van der Waals surface area contributed by atoms with Crippen LogP contribution in [0, 0.1) is 0 Å². The van der Waals surface area contributed by atoms with Crippen LogP contribution in [-0.2, 0) is 32.7 Å². The van der Waals surface area contributed by atoms with E-state index in [-0.39, 0.29) is 32.7 Å². The summed E-state index contributed by atoms with van der Waals surface area (Å²) < 4.78 is 34.5. The van der Waals surface area contributed by atoms with Crippen LogP contribution in [0.5, 0.6) is 0 Å². The van der Waals surface area contributed by atoms with Gasteiger partial charge in [0.15, 0.2) is 0 Å². The lowest BCUT2D eigenvalue weighted by Gasteiger charge is -2.24. The summed E-state index contributed by atoms with van der Waals surface area (Å²) in [6.45, 7) is 3.17. The molecular formula is C35H71NO9P+. The number of carboxylic acids is 1. The Balaban J connectivity index is 4.19. The van der Waals surface area contributed by atoms with Gasteiger partial charge in [-0.05, 0) is 19.3 Å². The minimum atomic E-state index is -4.30. The molecule has 0 aromatic rings. The molecule has 0 saturated carbocycles. The molecule has 0 aliphatic heterocycles. The van der Waals surface area contributed by atoms with E-state index < -0.39 is 25.9 Å². The van der Waals surface area contributed by atoms with Crippen LogP contribution in [0.1, 0.15) is 155 Å². The summed E-state index contributed by atoms with van der Waals surface area (Å²) in [6.07, 6.45) is 24.1. The van der Waals surface area contributed by atoms with Crippen LogP contribution in [0.2, 0.25) is 0 Å². The molecule has 2 atom stereocenters. The molecule has 2 N–H and O–H groups in total. The van der Waals surface area contributed by atoms with Gasteiger partial charge < -0.3 is 24.0 Å². The Labute approximate surface area is 281 Å². The Morgan fingerprint density at radius 3 is 1.57 bits per heavy atom.